The quantitative estimate of drug-likeness (QED) is 0.814. The molecule has 0 radical (unpaired) electrons. The van der Waals surface area contributed by atoms with E-state index < -0.39 is 11.6 Å². The number of carbonyl (C=O) groups excluding carboxylic acids is 1. The summed E-state index contributed by atoms with van der Waals surface area (Å²) in [5, 5.41) is 2.93. The Hall–Kier alpha value is -2.47. The van der Waals surface area contributed by atoms with Gasteiger partial charge in [0.15, 0.2) is 11.6 Å². The van der Waals surface area contributed by atoms with Crippen LogP contribution in [-0.2, 0) is 4.79 Å². The number of nitrogens with one attached hydrogen (secondary N) is 1. The van der Waals surface area contributed by atoms with Crippen LogP contribution in [0.2, 0.25) is 0 Å². The van der Waals surface area contributed by atoms with Crippen molar-refractivity contribution in [2.75, 3.05) is 20.7 Å². The summed E-state index contributed by atoms with van der Waals surface area (Å²) < 4.78 is 31.8. The summed E-state index contributed by atoms with van der Waals surface area (Å²) in [6.07, 6.45) is 0. The van der Waals surface area contributed by atoms with Crippen LogP contribution in [-0.4, -0.2) is 31.5 Å². The monoisotopic (exact) mass is 362 g/mol. The lowest BCUT2D eigenvalue weighted by molar-refractivity contribution is -0.123. The van der Waals surface area contributed by atoms with Gasteiger partial charge in [-0.2, -0.15) is 0 Å². The maximum absolute atomic E-state index is 13.4. The molecular formula is C20H24F2N2O2. The molecule has 0 spiro atoms. The average molecular weight is 362 g/mol. The minimum atomic E-state index is -0.892. The van der Waals surface area contributed by atoms with Crippen molar-refractivity contribution in [2.45, 2.75) is 25.9 Å². The maximum atomic E-state index is 13.4. The van der Waals surface area contributed by atoms with Crippen LogP contribution in [0.25, 0.3) is 0 Å². The van der Waals surface area contributed by atoms with Gasteiger partial charge in [-0.25, -0.2) is 8.78 Å². The number of benzene rings is 2. The fraction of sp³-hybridized carbons (Fsp3) is 0.350. The van der Waals surface area contributed by atoms with Gasteiger partial charge in [0, 0.05) is 11.6 Å². The Labute approximate surface area is 152 Å². The second kappa shape index (κ2) is 8.76. The molecule has 2 aromatic rings. The van der Waals surface area contributed by atoms with Crippen LogP contribution in [0.5, 0.6) is 5.75 Å². The van der Waals surface area contributed by atoms with E-state index in [2.05, 4.69) is 5.32 Å². The number of halogens is 2. The van der Waals surface area contributed by atoms with E-state index in [1.165, 1.54) is 6.07 Å². The molecule has 2 atom stereocenters. The number of para-hydroxylation sites is 1. The van der Waals surface area contributed by atoms with Crippen molar-refractivity contribution in [1.29, 1.82) is 0 Å². The first-order chi connectivity index (χ1) is 12.3. The number of amides is 1. The minimum absolute atomic E-state index is 0.125. The van der Waals surface area contributed by atoms with Crippen molar-refractivity contribution in [2.24, 2.45) is 0 Å². The fourth-order valence-electron chi connectivity index (χ4n) is 2.78. The van der Waals surface area contributed by atoms with Crippen LogP contribution >= 0.6 is 0 Å². The molecule has 0 saturated heterocycles. The van der Waals surface area contributed by atoms with E-state index >= 15 is 0 Å². The van der Waals surface area contributed by atoms with E-state index in [-0.39, 0.29) is 24.5 Å². The molecule has 2 unspecified atom stereocenters. The summed E-state index contributed by atoms with van der Waals surface area (Å²) in [5.74, 6) is -1.23. The Morgan fingerprint density at radius 2 is 1.85 bits per heavy atom. The third-order valence-corrected chi connectivity index (χ3v) is 4.46. The van der Waals surface area contributed by atoms with Gasteiger partial charge in [-0.15, -0.1) is 0 Å². The molecule has 0 saturated carbocycles. The van der Waals surface area contributed by atoms with Gasteiger partial charge in [0.05, 0.1) is 19.7 Å². The standard InChI is InChI=1S/C20H24F2N2O2/c1-13(16-7-5-6-8-19(16)26-4)23-20(25)12-24(3)14(2)15-9-10-17(21)18(22)11-15/h5-11,13-14H,12H2,1-4H3,(H,23,25). The number of carbonyl (C=O) groups is 1. The second-order valence-electron chi connectivity index (χ2n) is 6.30. The molecule has 0 fully saturated rings. The molecule has 0 aromatic heterocycles. The van der Waals surface area contributed by atoms with Gasteiger partial charge in [-0.1, -0.05) is 24.3 Å². The highest BCUT2D eigenvalue weighted by atomic mass is 19.2. The van der Waals surface area contributed by atoms with E-state index in [0.717, 1.165) is 17.7 Å². The van der Waals surface area contributed by atoms with Gasteiger partial charge in [0.25, 0.3) is 0 Å². The summed E-state index contributed by atoms with van der Waals surface area (Å²) in [5.41, 5.74) is 1.50. The van der Waals surface area contributed by atoms with Gasteiger partial charge in [0.2, 0.25) is 5.91 Å². The Balaban J connectivity index is 1.98. The van der Waals surface area contributed by atoms with Gasteiger partial charge in [-0.3, -0.25) is 9.69 Å². The summed E-state index contributed by atoms with van der Waals surface area (Å²) in [6.45, 7) is 3.85. The Bertz CT molecular complexity index is 767. The lowest BCUT2D eigenvalue weighted by Gasteiger charge is -2.25. The first-order valence-electron chi connectivity index (χ1n) is 8.41. The predicted octanol–water partition coefficient (Wildman–Crippen LogP) is 3.84. The van der Waals surface area contributed by atoms with E-state index in [1.54, 1.807) is 19.1 Å². The van der Waals surface area contributed by atoms with Gasteiger partial charge in [-0.05, 0) is 44.7 Å². The molecule has 1 amide bonds. The topological polar surface area (TPSA) is 41.6 Å². The molecule has 1 N–H and O–H groups in total. The van der Waals surface area contributed by atoms with E-state index in [0.29, 0.717) is 11.3 Å². The van der Waals surface area contributed by atoms with Crippen molar-refractivity contribution in [3.63, 3.8) is 0 Å². The van der Waals surface area contributed by atoms with Crippen molar-refractivity contribution in [1.82, 2.24) is 10.2 Å². The molecule has 0 bridgehead atoms. The number of hydrogen-bond acceptors (Lipinski definition) is 3. The number of hydrogen-bond donors (Lipinski definition) is 1. The third kappa shape index (κ3) is 4.79. The number of likely N-dealkylation sites (N-methyl/N-ethyl adjacent to an activating group) is 1. The van der Waals surface area contributed by atoms with E-state index in [1.807, 2.05) is 38.1 Å². The number of nitrogens with zero attached hydrogens (tertiary/aromatic N) is 1. The van der Waals surface area contributed by atoms with Gasteiger partial charge in [0.1, 0.15) is 5.75 Å². The van der Waals surface area contributed by atoms with Crippen LogP contribution in [0.4, 0.5) is 8.78 Å². The summed E-state index contributed by atoms with van der Waals surface area (Å²) in [6, 6.07) is 10.8. The van der Waals surface area contributed by atoms with Crippen LogP contribution in [0.15, 0.2) is 42.5 Å². The van der Waals surface area contributed by atoms with Crippen molar-refractivity contribution < 1.29 is 18.3 Å². The lowest BCUT2D eigenvalue weighted by atomic mass is 10.1. The first-order valence-corrected chi connectivity index (χ1v) is 8.41. The number of ether oxygens (including phenoxy) is 1. The molecule has 0 heterocycles. The molecule has 6 heteroatoms. The highest BCUT2D eigenvalue weighted by molar-refractivity contribution is 5.78. The Morgan fingerprint density at radius 1 is 1.15 bits per heavy atom. The highest BCUT2D eigenvalue weighted by Crippen LogP contribution is 2.24. The number of methoxy groups -OCH3 is 1. The smallest absolute Gasteiger partial charge is 0.234 e. The zero-order valence-electron chi connectivity index (χ0n) is 15.4. The van der Waals surface area contributed by atoms with Crippen molar-refractivity contribution in [3.05, 3.63) is 65.2 Å². The van der Waals surface area contributed by atoms with Gasteiger partial charge >= 0.3 is 0 Å². The zero-order valence-corrected chi connectivity index (χ0v) is 15.4. The van der Waals surface area contributed by atoms with Crippen LogP contribution in [0, 0.1) is 11.6 Å². The Morgan fingerprint density at radius 3 is 2.50 bits per heavy atom. The minimum Gasteiger partial charge on any atom is -0.496 e. The summed E-state index contributed by atoms with van der Waals surface area (Å²) >= 11 is 0. The van der Waals surface area contributed by atoms with Crippen LogP contribution in [0.3, 0.4) is 0 Å². The highest BCUT2D eigenvalue weighted by Gasteiger charge is 2.19. The van der Waals surface area contributed by atoms with Crippen LogP contribution < -0.4 is 10.1 Å². The molecule has 0 aliphatic heterocycles. The largest absolute Gasteiger partial charge is 0.496 e. The van der Waals surface area contributed by atoms with E-state index in [4.69, 9.17) is 4.74 Å². The average Bonchev–Trinajstić information content (AvgIpc) is 2.63. The lowest BCUT2D eigenvalue weighted by Crippen LogP contribution is -2.37. The molecule has 4 nitrogen and oxygen atoms in total. The molecule has 140 valence electrons. The normalized spacial score (nSPS) is 13.3. The molecular weight excluding hydrogens is 338 g/mol. The number of rotatable bonds is 7. The molecule has 2 rings (SSSR count). The van der Waals surface area contributed by atoms with E-state index in [9.17, 15) is 13.6 Å². The second-order valence-corrected chi connectivity index (χ2v) is 6.30. The molecule has 26 heavy (non-hydrogen) atoms. The first kappa shape index (κ1) is 19.8. The zero-order chi connectivity index (χ0) is 19.3. The third-order valence-electron chi connectivity index (χ3n) is 4.46. The SMILES string of the molecule is COc1ccccc1C(C)NC(=O)CN(C)C(C)c1ccc(F)c(F)c1. The summed E-state index contributed by atoms with van der Waals surface area (Å²) in [7, 11) is 3.35. The Kier molecular flexibility index (Phi) is 6.69. The molecule has 0 aliphatic carbocycles. The summed E-state index contributed by atoms with van der Waals surface area (Å²) in [4.78, 5) is 14.1. The van der Waals surface area contributed by atoms with Gasteiger partial charge < -0.3 is 10.1 Å². The van der Waals surface area contributed by atoms with Crippen molar-refractivity contribution in [3.8, 4) is 5.75 Å². The molecule has 2 aromatic carbocycles. The molecule has 0 aliphatic rings. The predicted molar refractivity (Wildman–Crippen MR) is 97.0 cm³/mol. The van der Waals surface area contributed by atoms with Crippen LogP contribution in [0.1, 0.15) is 37.1 Å². The fourth-order valence-corrected chi connectivity index (χ4v) is 2.78. The maximum Gasteiger partial charge on any atom is 0.234 e. The van der Waals surface area contributed by atoms with Crippen molar-refractivity contribution >= 4 is 5.91 Å².